The van der Waals surface area contributed by atoms with Crippen LogP contribution in [-0.2, 0) is 9.53 Å². The quantitative estimate of drug-likeness (QED) is 0.510. The van der Waals surface area contributed by atoms with Gasteiger partial charge in [-0.05, 0) is 0 Å². The van der Waals surface area contributed by atoms with Crippen molar-refractivity contribution in [2.24, 2.45) is 0 Å². The first kappa shape index (κ1) is 12.8. The highest BCUT2D eigenvalue weighted by Crippen LogP contribution is 2.03. The monoisotopic (exact) mass is 234 g/mol. The van der Waals surface area contributed by atoms with E-state index in [1.807, 2.05) is 0 Å². The Hall–Kier alpha value is -0.300. The number of thioether (sulfide) groups is 1. The first-order valence-electron chi connectivity index (χ1n) is 5.12. The molecule has 0 spiro atoms. The average Bonchev–Trinajstić information content (AvgIpc) is 2.25. The maximum absolute atomic E-state index is 10.4. The Kier molecular flexibility index (Phi) is 6.00. The van der Waals surface area contributed by atoms with Crippen molar-refractivity contribution in [3.8, 4) is 0 Å². The molecule has 3 N–H and O–H groups in total. The first-order chi connectivity index (χ1) is 7.20. The van der Waals surface area contributed by atoms with E-state index in [-0.39, 0.29) is 0 Å². The number of hydrogen-bond donors (Lipinski definition) is 1. The minimum Gasteiger partial charge on any atom is -0.544 e. The lowest BCUT2D eigenvalue weighted by atomic mass is 10.4. The Balaban J connectivity index is 1.98. The highest BCUT2D eigenvalue weighted by Gasteiger charge is 2.11. The predicted molar refractivity (Wildman–Crippen MR) is 56.3 cm³/mol. The van der Waals surface area contributed by atoms with E-state index in [1.54, 1.807) is 11.8 Å². The van der Waals surface area contributed by atoms with Crippen LogP contribution in [0.4, 0.5) is 0 Å². The zero-order chi connectivity index (χ0) is 11.1. The maximum Gasteiger partial charge on any atom is 0.134 e. The average molecular weight is 234 g/mol. The lowest BCUT2D eigenvalue weighted by Gasteiger charge is -2.26. The molecule has 0 saturated carbocycles. The third-order valence-electron chi connectivity index (χ3n) is 2.31. The summed E-state index contributed by atoms with van der Waals surface area (Å²) in [6.45, 7) is 4.57. The van der Waals surface area contributed by atoms with Crippen LogP contribution in [0.1, 0.15) is 0 Å². The molecule has 0 bridgehead atoms. The largest absolute Gasteiger partial charge is 0.544 e. The topological polar surface area (TPSA) is 80.2 Å². The lowest BCUT2D eigenvalue weighted by Crippen LogP contribution is -2.69. The number of rotatable bonds is 6. The molecule has 1 atom stereocenters. The molecule has 1 fully saturated rings. The molecule has 0 radical (unpaired) electrons. The summed E-state index contributed by atoms with van der Waals surface area (Å²) in [4.78, 5) is 12.7. The molecule has 0 aliphatic carbocycles. The molecule has 88 valence electrons. The summed E-state index contributed by atoms with van der Waals surface area (Å²) >= 11 is 1.62. The lowest BCUT2D eigenvalue weighted by molar-refractivity contribution is -0.431. The first-order valence-corrected chi connectivity index (χ1v) is 6.27. The molecule has 1 heterocycles. The maximum atomic E-state index is 10.4. The number of ether oxygens (including phenoxy) is 1. The molecule has 0 amide bonds. The van der Waals surface area contributed by atoms with E-state index in [1.165, 1.54) is 0 Å². The van der Waals surface area contributed by atoms with Crippen molar-refractivity contribution in [2.75, 3.05) is 44.4 Å². The third-order valence-corrected chi connectivity index (χ3v) is 3.42. The molecular formula is C9H18N2O3S. The zero-order valence-corrected chi connectivity index (χ0v) is 9.63. The fourth-order valence-corrected chi connectivity index (χ4v) is 2.29. The van der Waals surface area contributed by atoms with Gasteiger partial charge in [0.1, 0.15) is 6.04 Å². The minimum absolute atomic E-state index is 0.534. The summed E-state index contributed by atoms with van der Waals surface area (Å²) in [7, 11) is 0. The molecule has 1 saturated heterocycles. The second kappa shape index (κ2) is 7.05. The Bertz CT molecular complexity index is 198. The van der Waals surface area contributed by atoms with Gasteiger partial charge in [-0.1, -0.05) is 0 Å². The molecule has 0 aromatic rings. The summed E-state index contributed by atoms with van der Waals surface area (Å²) in [5, 5.41) is 10.4. The number of carboxylic acids is 1. The standard InChI is InChI=1S/C9H18N2O3S/c10-8(9(12)13)7-15-6-3-11-1-4-14-5-2-11/h8H,1-7,10H2,(H,12,13)/t8-/m0/s1. The fourth-order valence-electron chi connectivity index (χ4n) is 1.31. The number of quaternary nitrogens is 1. The van der Waals surface area contributed by atoms with Crippen LogP contribution >= 0.6 is 11.8 Å². The normalized spacial score (nSPS) is 20.1. The van der Waals surface area contributed by atoms with Gasteiger partial charge in [-0.15, -0.1) is 0 Å². The molecule has 0 unspecified atom stereocenters. The van der Waals surface area contributed by atoms with Crippen LogP contribution in [0, 0.1) is 0 Å². The van der Waals surface area contributed by atoms with Crippen LogP contribution in [0.3, 0.4) is 0 Å². The van der Waals surface area contributed by atoms with Gasteiger partial charge in [-0.25, -0.2) is 0 Å². The van der Waals surface area contributed by atoms with Gasteiger partial charge in [-0.3, -0.25) is 4.90 Å². The Labute approximate surface area is 93.9 Å². The van der Waals surface area contributed by atoms with Crippen molar-refractivity contribution in [3.05, 3.63) is 0 Å². The molecule has 1 aliphatic rings. The molecule has 15 heavy (non-hydrogen) atoms. The summed E-state index contributed by atoms with van der Waals surface area (Å²) in [6.07, 6.45) is 0. The second-order valence-corrected chi connectivity index (χ2v) is 4.69. The van der Waals surface area contributed by atoms with Gasteiger partial charge in [0.2, 0.25) is 0 Å². The van der Waals surface area contributed by atoms with E-state index in [0.717, 1.165) is 38.6 Å². The number of hydrogen-bond acceptors (Lipinski definition) is 5. The summed E-state index contributed by atoms with van der Waals surface area (Å²) in [6, 6.07) is -0.598. The third kappa shape index (κ3) is 5.36. The van der Waals surface area contributed by atoms with Gasteiger partial charge < -0.3 is 20.4 Å². The Morgan fingerprint density at radius 2 is 2.20 bits per heavy atom. The van der Waals surface area contributed by atoms with Crippen LogP contribution in [0.5, 0.6) is 0 Å². The van der Waals surface area contributed by atoms with Gasteiger partial charge in [-0.2, -0.15) is 11.8 Å². The van der Waals surface area contributed by atoms with Crippen molar-refractivity contribution >= 4 is 17.7 Å². The van der Waals surface area contributed by atoms with Crippen LogP contribution < -0.4 is 10.8 Å². The fraction of sp³-hybridized carbons (Fsp3) is 0.889. The van der Waals surface area contributed by atoms with Gasteiger partial charge in [0.25, 0.3) is 0 Å². The van der Waals surface area contributed by atoms with Crippen LogP contribution in [0.15, 0.2) is 0 Å². The van der Waals surface area contributed by atoms with E-state index < -0.39 is 12.0 Å². The number of nitrogens with zero attached hydrogens (tertiary/aromatic N) is 1. The highest BCUT2D eigenvalue weighted by atomic mass is 32.2. The van der Waals surface area contributed by atoms with Gasteiger partial charge in [0, 0.05) is 25.4 Å². The van der Waals surface area contributed by atoms with Gasteiger partial charge in [0.15, 0.2) is 0 Å². The molecule has 1 rings (SSSR count). The van der Waals surface area contributed by atoms with Crippen LogP contribution in [-0.4, -0.2) is 61.3 Å². The van der Waals surface area contributed by atoms with E-state index >= 15 is 0 Å². The second-order valence-electron chi connectivity index (χ2n) is 3.54. The van der Waals surface area contributed by atoms with Gasteiger partial charge in [0.05, 0.1) is 24.9 Å². The van der Waals surface area contributed by atoms with E-state index in [9.17, 15) is 9.90 Å². The Morgan fingerprint density at radius 1 is 1.53 bits per heavy atom. The molecule has 0 aromatic heterocycles. The molecule has 0 aromatic carbocycles. The van der Waals surface area contributed by atoms with Crippen molar-refractivity contribution in [1.82, 2.24) is 4.90 Å². The van der Waals surface area contributed by atoms with E-state index in [4.69, 9.17) is 4.74 Å². The number of carbonyl (C=O) groups excluding carboxylic acids is 1. The van der Waals surface area contributed by atoms with Crippen molar-refractivity contribution < 1.29 is 20.4 Å². The van der Waals surface area contributed by atoms with E-state index in [0.29, 0.717) is 5.75 Å². The number of carbonyl (C=O) groups is 1. The van der Waals surface area contributed by atoms with Gasteiger partial charge >= 0.3 is 0 Å². The molecule has 1 aliphatic heterocycles. The van der Waals surface area contributed by atoms with E-state index in [2.05, 4.69) is 10.6 Å². The Morgan fingerprint density at radius 3 is 2.80 bits per heavy atom. The summed E-state index contributed by atoms with van der Waals surface area (Å²) in [5.41, 5.74) is 3.51. The predicted octanol–water partition coefficient (Wildman–Crippen LogP) is -2.59. The summed E-state index contributed by atoms with van der Waals surface area (Å²) < 4.78 is 5.23. The van der Waals surface area contributed by atoms with Crippen LogP contribution in [0.2, 0.25) is 0 Å². The number of carboxylic acid groups (broad SMARTS) is 1. The molecule has 6 heteroatoms. The smallest absolute Gasteiger partial charge is 0.134 e. The number of aliphatic carboxylic acids is 1. The SMILES string of the molecule is [NH3+][C@@H](CSCCN1CCOCC1)C(=O)[O-]. The molecular weight excluding hydrogens is 216 g/mol. The van der Waals surface area contributed by atoms with Crippen LogP contribution in [0.25, 0.3) is 0 Å². The van der Waals surface area contributed by atoms with Crippen molar-refractivity contribution in [2.45, 2.75) is 6.04 Å². The molecule has 5 nitrogen and oxygen atoms in total. The zero-order valence-electron chi connectivity index (χ0n) is 8.81. The highest BCUT2D eigenvalue weighted by molar-refractivity contribution is 7.99. The minimum atomic E-state index is -1.06. The van der Waals surface area contributed by atoms with Crippen molar-refractivity contribution in [3.63, 3.8) is 0 Å². The number of morpholine rings is 1. The summed E-state index contributed by atoms with van der Waals surface area (Å²) in [5.74, 6) is 0.417. The van der Waals surface area contributed by atoms with Crippen molar-refractivity contribution in [1.29, 1.82) is 0 Å².